The number of hydrogen-bond donors (Lipinski definition) is 3. The first-order valence-corrected chi connectivity index (χ1v) is 10.1. The van der Waals surface area contributed by atoms with Crippen LogP contribution in [0.25, 0.3) is 0 Å². The van der Waals surface area contributed by atoms with Gasteiger partial charge in [0.25, 0.3) is 11.8 Å². The summed E-state index contributed by atoms with van der Waals surface area (Å²) in [5, 5.41) is 21.9. The van der Waals surface area contributed by atoms with E-state index in [9.17, 15) is 29.4 Å². The van der Waals surface area contributed by atoms with Gasteiger partial charge in [0.15, 0.2) is 0 Å². The number of aromatic hydroxyl groups is 2. The lowest BCUT2D eigenvalue weighted by molar-refractivity contribution is -0.163. The fraction of sp³-hybridized carbons (Fsp3) is 0.524. The minimum absolute atomic E-state index is 0.00159. The molecule has 1 aliphatic heterocycles. The summed E-state index contributed by atoms with van der Waals surface area (Å²) >= 11 is 0. The van der Waals surface area contributed by atoms with Crippen LogP contribution in [0.3, 0.4) is 0 Å². The molecular weight excluding hydrogens is 422 g/mol. The standard InChI is InChI=1S/C21H29N3O8/c1-20(2,19(30)32-24-17(28)7-8-18(24)29)13-31-21(3,4)10-11-22-14(25)9-12-23-15(26)5-6-16(23)27/h5-8,28-29H,9-13H2,1-4H3,(H,22,25). The molecule has 0 saturated carbocycles. The SMILES string of the molecule is CC(C)(CCNC(=O)CCN1C(=O)C=CC1=O)OCC(C)(C)C(=O)On1c(O)ccc1O. The fourth-order valence-corrected chi connectivity index (χ4v) is 2.66. The van der Waals surface area contributed by atoms with E-state index in [4.69, 9.17) is 9.57 Å². The Hall–Kier alpha value is -3.34. The molecule has 0 radical (unpaired) electrons. The lowest BCUT2D eigenvalue weighted by Gasteiger charge is -2.30. The van der Waals surface area contributed by atoms with Crippen LogP contribution in [-0.4, -0.2) is 68.8 Å². The van der Waals surface area contributed by atoms with Gasteiger partial charge in [-0.25, -0.2) is 4.79 Å². The Morgan fingerprint density at radius 1 is 1.03 bits per heavy atom. The first-order chi connectivity index (χ1) is 14.8. The zero-order valence-corrected chi connectivity index (χ0v) is 18.6. The van der Waals surface area contributed by atoms with Gasteiger partial charge >= 0.3 is 5.97 Å². The number of rotatable bonds is 11. The van der Waals surface area contributed by atoms with Crippen LogP contribution in [0.1, 0.15) is 40.5 Å². The predicted octanol–water partition coefficient (Wildman–Crippen LogP) is 0.497. The molecule has 2 heterocycles. The highest BCUT2D eigenvalue weighted by atomic mass is 16.7. The molecular formula is C21H29N3O8. The van der Waals surface area contributed by atoms with Crippen molar-refractivity contribution in [1.82, 2.24) is 14.9 Å². The van der Waals surface area contributed by atoms with Crippen LogP contribution in [0, 0.1) is 5.41 Å². The molecule has 1 aromatic rings. The zero-order chi connectivity index (χ0) is 24.1. The molecule has 0 aromatic carbocycles. The molecule has 0 fully saturated rings. The minimum atomic E-state index is -1.09. The van der Waals surface area contributed by atoms with Gasteiger partial charge in [-0.3, -0.25) is 19.3 Å². The average Bonchev–Trinajstić information content (AvgIpc) is 3.20. The number of ether oxygens (including phenoxy) is 1. The van der Waals surface area contributed by atoms with Gasteiger partial charge in [-0.15, -0.1) is 4.73 Å². The van der Waals surface area contributed by atoms with Crippen molar-refractivity contribution < 1.29 is 39.0 Å². The number of aromatic nitrogens is 1. The largest absolute Gasteiger partial charge is 0.492 e. The molecule has 0 spiro atoms. The Morgan fingerprint density at radius 3 is 2.16 bits per heavy atom. The summed E-state index contributed by atoms with van der Waals surface area (Å²) < 4.78 is 6.47. The molecule has 0 saturated heterocycles. The number of imide groups is 1. The molecule has 2 rings (SSSR count). The van der Waals surface area contributed by atoms with Crippen LogP contribution < -0.4 is 10.2 Å². The smallest absolute Gasteiger partial charge is 0.341 e. The lowest BCUT2D eigenvalue weighted by Crippen LogP contribution is -2.41. The van der Waals surface area contributed by atoms with Gasteiger partial charge in [-0.2, -0.15) is 0 Å². The van der Waals surface area contributed by atoms with E-state index < -0.39 is 40.6 Å². The summed E-state index contributed by atoms with van der Waals surface area (Å²) in [6, 6.07) is 2.36. The predicted molar refractivity (Wildman–Crippen MR) is 111 cm³/mol. The number of carbonyl (C=O) groups is 4. The summed E-state index contributed by atoms with van der Waals surface area (Å²) in [5.41, 5.74) is -1.78. The van der Waals surface area contributed by atoms with Crippen LogP contribution in [0.5, 0.6) is 11.8 Å². The van der Waals surface area contributed by atoms with Gasteiger partial charge in [0.05, 0.1) is 17.6 Å². The highest BCUT2D eigenvalue weighted by Crippen LogP contribution is 2.25. The third-order valence-electron chi connectivity index (χ3n) is 4.86. The van der Waals surface area contributed by atoms with Crippen LogP contribution >= 0.6 is 0 Å². The highest BCUT2D eigenvalue weighted by Gasteiger charge is 2.34. The Balaban J connectivity index is 1.73. The summed E-state index contributed by atoms with van der Waals surface area (Å²) in [4.78, 5) is 53.4. The van der Waals surface area contributed by atoms with E-state index in [2.05, 4.69) is 5.32 Å². The number of carbonyl (C=O) groups excluding carboxylic acids is 4. The normalized spacial score (nSPS) is 14.2. The van der Waals surface area contributed by atoms with E-state index in [0.717, 1.165) is 4.90 Å². The average molecular weight is 451 g/mol. The third-order valence-corrected chi connectivity index (χ3v) is 4.86. The van der Waals surface area contributed by atoms with E-state index in [1.54, 1.807) is 27.7 Å². The van der Waals surface area contributed by atoms with E-state index in [1.165, 1.54) is 24.3 Å². The first-order valence-electron chi connectivity index (χ1n) is 10.1. The molecule has 0 atom stereocenters. The van der Waals surface area contributed by atoms with Crippen molar-refractivity contribution >= 4 is 23.7 Å². The Bertz CT molecular complexity index is 879. The van der Waals surface area contributed by atoms with Crippen molar-refractivity contribution in [3.8, 4) is 11.8 Å². The van der Waals surface area contributed by atoms with E-state index in [-0.39, 0.29) is 25.5 Å². The van der Waals surface area contributed by atoms with Crippen LogP contribution in [0.4, 0.5) is 0 Å². The maximum Gasteiger partial charge on any atom is 0.341 e. The van der Waals surface area contributed by atoms with E-state index in [0.29, 0.717) is 17.7 Å². The number of amides is 3. The van der Waals surface area contributed by atoms with Gasteiger partial charge in [0, 0.05) is 43.8 Å². The van der Waals surface area contributed by atoms with E-state index >= 15 is 0 Å². The van der Waals surface area contributed by atoms with Gasteiger partial charge in [0.2, 0.25) is 17.7 Å². The fourth-order valence-electron chi connectivity index (χ4n) is 2.66. The molecule has 32 heavy (non-hydrogen) atoms. The molecule has 0 bridgehead atoms. The second kappa shape index (κ2) is 9.86. The zero-order valence-electron chi connectivity index (χ0n) is 18.6. The monoisotopic (exact) mass is 451 g/mol. The maximum atomic E-state index is 12.4. The second-order valence-corrected chi connectivity index (χ2v) is 8.67. The molecule has 1 aliphatic rings. The van der Waals surface area contributed by atoms with Gasteiger partial charge in [-0.1, -0.05) is 0 Å². The lowest BCUT2D eigenvalue weighted by atomic mass is 9.94. The van der Waals surface area contributed by atoms with Crippen molar-refractivity contribution in [2.75, 3.05) is 19.7 Å². The van der Waals surface area contributed by atoms with Crippen molar-refractivity contribution in [3.63, 3.8) is 0 Å². The van der Waals surface area contributed by atoms with Crippen LogP contribution in [0.2, 0.25) is 0 Å². The van der Waals surface area contributed by atoms with Crippen LogP contribution in [-0.2, 0) is 23.9 Å². The van der Waals surface area contributed by atoms with Crippen molar-refractivity contribution in [1.29, 1.82) is 0 Å². The van der Waals surface area contributed by atoms with Crippen molar-refractivity contribution in [3.05, 3.63) is 24.3 Å². The van der Waals surface area contributed by atoms with E-state index in [1.807, 2.05) is 0 Å². The Kier molecular flexibility index (Phi) is 7.68. The maximum absolute atomic E-state index is 12.4. The van der Waals surface area contributed by atoms with Crippen molar-refractivity contribution in [2.24, 2.45) is 5.41 Å². The number of hydrogen-bond acceptors (Lipinski definition) is 8. The van der Waals surface area contributed by atoms with Crippen LogP contribution in [0.15, 0.2) is 24.3 Å². The summed E-state index contributed by atoms with van der Waals surface area (Å²) in [5.74, 6) is -2.72. The first kappa shape index (κ1) is 24.9. The third kappa shape index (κ3) is 6.58. The summed E-state index contributed by atoms with van der Waals surface area (Å²) in [6.07, 6.45) is 2.77. The van der Waals surface area contributed by atoms with Gasteiger partial charge in [0.1, 0.15) is 0 Å². The summed E-state index contributed by atoms with van der Waals surface area (Å²) in [6.45, 7) is 7.10. The molecule has 3 N–H and O–H groups in total. The Labute approximate surface area is 185 Å². The molecule has 0 aliphatic carbocycles. The highest BCUT2D eigenvalue weighted by molar-refractivity contribution is 6.13. The minimum Gasteiger partial charge on any atom is -0.492 e. The quantitative estimate of drug-likeness (QED) is 0.412. The molecule has 11 nitrogen and oxygen atoms in total. The Morgan fingerprint density at radius 2 is 1.59 bits per heavy atom. The van der Waals surface area contributed by atoms with Gasteiger partial charge in [-0.05, 0) is 34.1 Å². The molecule has 1 aromatic heterocycles. The molecule has 3 amide bonds. The number of nitrogens with one attached hydrogen (secondary N) is 1. The molecule has 0 unspecified atom stereocenters. The molecule has 11 heteroatoms. The molecule has 176 valence electrons. The number of nitrogens with zero attached hydrogens (tertiary/aromatic N) is 2. The van der Waals surface area contributed by atoms with Crippen molar-refractivity contribution in [2.45, 2.75) is 46.1 Å². The second-order valence-electron chi connectivity index (χ2n) is 8.67. The van der Waals surface area contributed by atoms with Gasteiger partial charge < -0.3 is 25.1 Å². The topological polar surface area (TPSA) is 147 Å². The summed E-state index contributed by atoms with van der Waals surface area (Å²) in [7, 11) is 0.